The summed E-state index contributed by atoms with van der Waals surface area (Å²) >= 11 is 1.39. The number of hydrogen-bond donors (Lipinski definition) is 2. The van der Waals surface area contributed by atoms with Gasteiger partial charge in [-0.05, 0) is 43.7 Å². The third-order valence-electron chi connectivity index (χ3n) is 6.32. The van der Waals surface area contributed by atoms with Gasteiger partial charge < -0.3 is 25.3 Å². The number of nitrogens with zero attached hydrogens (tertiary/aromatic N) is 5. The van der Waals surface area contributed by atoms with Crippen LogP contribution in [-0.4, -0.2) is 70.1 Å². The van der Waals surface area contributed by atoms with Crippen molar-refractivity contribution in [2.24, 2.45) is 5.73 Å². The number of thiazole rings is 1. The monoisotopic (exact) mass is 563 g/mol. The van der Waals surface area contributed by atoms with Crippen LogP contribution in [-0.2, 0) is 19.0 Å². The first kappa shape index (κ1) is 27.4. The second-order valence-corrected chi connectivity index (χ2v) is 10.1. The first-order valence-corrected chi connectivity index (χ1v) is 13.6. The predicted octanol–water partition coefficient (Wildman–Crippen LogP) is 3.83. The van der Waals surface area contributed by atoms with Crippen LogP contribution in [0.3, 0.4) is 0 Å². The first-order valence-electron chi connectivity index (χ1n) is 12.8. The number of rotatable bonds is 8. The maximum atomic E-state index is 12.1. The number of aromatic nitrogens is 4. The van der Waals surface area contributed by atoms with Gasteiger partial charge in [-0.2, -0.15) is 0 Å². The van der Waals surface area contributed by atoms with Gasteiger partial charge in [-0.3, -0.25) is 9.88 Å². The summed E-state index contributed by atoms with van der Waals surface area (Å²) in [4.78, 5) is 43.7. The lowest BCUT2D eigenvalue weighted by atomic mass is 10.0. The minimum atomic E-state index is -1.43. The SMILES string of the molecule is CCOC(=O)C1(C)OCC(Nc2ncc(-c3cc(-c4ccccn4)c4sc(N(CC)C(N)=O)nc4c3)cn2)CO1. The van der Waals surface area contributed by atoms with E-state index in [-0.39, 0.29) is 25.9 Å². The molecule has 13 heteroatoms. The Morgan fingerprint density at radius 2 is 1.90 bits per heavy atom. The van der Waals surface area contributed by atoms with Crippen LogP contribution in [0.4, 0.5) is 15.9 Å². The summed E-state index contributed by atoms with van der Waals surface area (Å²) in [5, 5.41) is 3.69. The molecule has 3 N–H and O–H groups in total. The number of hydrogen-bond acceptors (Lipinski definition) is 11. The van der Waals surface area contributed by atoms with Crippen LogP contribution in [0.15, 0.2) is 48.9 Å². The molecule has 4 heterocycles. The minimum absolute atomic E-state index is 0.219. The molecule has 5 rings (SSSR count). The molecular formula is C27H29N7O5S. The molecule has 4 aromatic rings. The lowest BCUT2D eigenvalue weighted by Gasteiger charge is -2.35. The van der Waals surface area contributed by atoms with E-state index in [0.717, 1.165) is 27.1 Å². The van der Waals surface area contributed by atoms with Crippen LogP contribution < -0.4 is 16.0 Å². The van der Waals surface area contributed by atoms with Gasteiger partial charge in [-0.25, -0.2) is 24.5 Å². The van der Waals surface area contributed by atoms with E-state index in [1.165, 1.54) is 16.2 Å². The van der Waals surface area contributed by atoms with Crippen LogP contribution in [0.5, 0.6) is 0 Å². The lowest BCUT2D eigenvalue weighted by Crippen LogP contribution is -2.52. The van der Waals surface area contributed by atoms with E-state index < -0.39 is 17.8 Å². The third-order valence-corrected chi connectivity index (χ3v) is 7.44. The van der Waals surface area contributed by atoms with Gasteiger partial charge in [0.1, 0.15) is 0 Å². The highest BCUT2D eigenvalue weighted by Gasteiger charge is 2.42. The topological polar surface area (TPSA) is 155 Å². The Labute approximate surface area is 234 Å². The quantitative estimate of drug-likeness (QED) is 0.302. The molecule has 1 saturated heterocycles. The van der Waals surface area contributed by atoms with E-state index in [4.69, 9.17) is 24.9 Å². The second-order valence-electron chi connectivity index (χ2n) is 9.09. The van der Waals surface area contributed by atoms with E-state index in [1.807, 2.05) is 37.3 Å². The second kappa shape index (κ2) is 11.5. The first-order chi connectivity index (χ1) is 19.3. The van der Waals surface area contributed by atoms with Crippen molar-refractivity contribution in [3.63, 3.8) is 0 Å². The number of primary amides is 1. The summed E-state index contributed by atoms with van der Waals surface area (Å²) in [7, 11) is 0. The standard InChI is InChI=1S/C27H29N7O5S/c1-4-34(24(28)36)26-33-21-11-16(10-19(22(21)40-26)20-8-6-7-9-29-20)17-12-30-25(31-13-17)32-18-14-38-27(3,39-15-18)23(35)37-5-2/h6-13,18H,4-5,14-15H2,1-3H3,(H2,28,36)(H,30,31,32). The minimum Gasteiger partial charge on any atom is -0.462 e. The molecule has 40 heavy (non-hydrogen) atoms. The Bertz CT molecular complexity index is 1510. The van der Waals surface area contributed by atoms with Crippen molar-refractivity contribution >= 4 is 44.6 Å². The number of anilines is 2. The highest BCUT2D eigenvalue weighted by molar-refractivity contribution is 7.23. The molecule has 1 aliphatic rings. The number of fused-ring (bicyclic) bond motifs is 1. The molecule has 0 radical (unpaired) electrons. The number of amides is 2. The van der Waals surface area contributed by atoms with E-state index in [9.17, 15) is 9.59 Å². The fourth-order valence-electron chi connectivity index (χ4n) is 4.21. The van der Waals surface area contributed by atoms with Gasteiger partial charge >= 0.3 is 12.0 Å². The molecule has 0 spiro atoms. The van der Waals surface area contributed by atoms with Crippen molar-refractivity contribution in [1.29, 1.82) is 0 Å². The Kier molecular flexibility index (Phi) is 7.87. The average Bonchev–Trinajstić information content (AvgIpc) is 3.38. The van der Waals surface area contributed by atoms with Crippen LogP contribution in [0, 0.1) is 0 Å². The van der Waals surface area contributed by atoms with Gasteiger partial charge in [0.2, 0.25) is 5.95 Å². The number of nitrogens with one attached hydrogen (secondary N) is 1. The number of benzene rings is 1. The van der Waals surface area contributed by atoms with Gasteiger partial charge in [-0.15, -0.1) is 0 Å². The fourth-order valence-corrected chi connectivity index (χ4v) is 5.35. The fraction of sp³-hybridized carbons (Fsp3) is 0.333. The van der Waals surface area contributed by atoms with Crippen LogP contribution in [0.25, 0.3) is 32.6 Å². The van der Waals surface area contributed by atoms with E-state index in [1.54, 1.807) is 32.4 Å². The summed E-state index contributed by atoms with van der Waals surface area (Å²) in [5.74, 6) is -1.59. The van der Waals surface area contributed by atoms with Gasteiger partial charge in [0.05, 0.1) is 41.8 Å². The zero-order valence-corrected chi connectivity index (χ0v) is 23.1. The number of pyridine rings is 1. The highest BCUT2D eigenvalue weighted by Crippen LogP contribution is 2.39. The van der Waals surface area contributed by atoms with Crippen molar-refractivity contribution in [2.75, 3.05) is 36.6 Å². The van der Waals surface area contributed by atoms with Gasteiger partial charge in [-0.1, -0.05) is 17.4 Å². The number of urea groups is 1. The van der Waals surface area contributed by atoms with Crippen LogP contribution in [0.1, 0.15) is 20.8 Å². The molecule has 0 atom stereocenters. The predicted molar refractivity (Wildman–Crippen MR) is 151 cm³/mol. The van der Waals surface area contributed by atoms with Crippen molar-refractivity contribution in [1.82, 2.24) is 19.9 Å². The van der Waals surface area contributed by atoms with Crippen molar-refractivity contribution in [2.45, 2.75) is 32.6 Å². The summed E-state index contributed by atoms with van der Waals surface area (Å²) in [6.07, 6.45) is 5.15. The van der Waals surface area contributed by atoms with Crippen LogP contribution >= 0.6 is 11.3 Å². The average molecular weight is 564 g/mol. The zero-order valence-electron chi connectivity index (χ0n) is 22.3. The smallest absolute Gasteiger partial charge is 0.366 e. The molecule has 12 nitrogen and oxygen atoms in total. The van der Waals surface area contributed by atoms with Gasteiger partial charge in [0, 0.05) is 43.2 Å². The molecule has 1 fully saturated rings. The summed E-state index contributed by atoms with van der Waals surface area (Å²) in [6.45, 7) is 6.20. The largest absolute Gasteiger partial charge is 0.462 e. The molecule has 3 aromatic heterocycles. The van der Waals surface area contributed by atoms with Gasteiger partial charge in [0.15, 0.2) is 5.13 Å². The number of esters is 1. The number of ether oxygens (including phenoxy) is 3. The Morgan fingerprint density at radius 3 is 2.52 bits per heavy atom. The van der Waals surface area contributed by atoms with E-state index in [0.29, 0.717) is 23.1 Å². The van der Waals surface area contributed by atoms with Crippen molar-refractivity contribution in [3.8, 4) is 22.4 Å². The molecular weight excluding hydrogens is 534 g/mol. The Balaban J connectivity index is 1.39. The molecule has 0 bridgehead atoms. The Morgan fingerprint density at radius 1 is 1.15 bits per heavy atom. The summed E-state index contributed by atoms with van der Waals surface area (Å²) in [6, 6.07) is 8.83. The molecule has 0 unspecified atom stereocenters. The number of nitrogens with two attached hydrogens (primary N) is 1. The van der Waals surface area contributed by atoms with E-state index >= 15 is 0 Å². The highest BCUT2D eigenvalue weighted by atomic mass is 32.1. The summed E-state index contributed by atoms with van der Waals surface area (Å²) < 4.78 is 17.2. The number of carbonyl (C=O) groups is 2. The van der Waals surface area contributed by atoms with Crippen LogP contribution in [0.2, 0.25) is 0 Å². The maximum Gasteiger partial charge on any atom is 0.366 e. The molecule has 208 valence electrons. The molecule has 1 aromatic carbocycles. The number of carbonyl (C=O) groups excluding carboxylic acids is 2. The zero-order chi connectivity index (χ0) is 28.3. The molecule has 0 saturated carbocycles. The lowest BCUT2D eigenvalue weighted by molar-refractivity contribution is -0.263. The van der Waals surface area contributed by atoms with Crippen molar-refractivity contribution < 1.29 is 23.8 Å². The normalized spacial score (nSPS) is 18.8. The molecule has 2 amide bonds. The summed E-state index contributed by atoms with van der Waals surface area (Å²) in [5.41, 5.74) is 9.55. The molecule has 0 aliphatic carbocycles. The molecule has 1 aliphatic heterocycles. The Hall–Kier alpha value is -4.20. The van der Waals surface area contributed by atoms with Gasteiger partial charge in [0.25, 0.3) is 5.79 Å². The maximum absolute atomic E-state index is 12.1. The third kappa shape index (κ3) is 5.57. The van der Waals surface area contributed by atoms with Crippen molar-refractivity contribution in [3.05, 3.63) is 48.9 Å². The van der Waals surface area contributed by atoms with E-state index in [2.05, 4.69) is 20.3 Å².